The molecule has 0 unspecified atom stereocenters. The molecule has 2 aromatic heterocycles. The van der Waals surface area contributed by atoms with Crippen molar-refractivity contribution in [2.45, 2.75) is 38.0 Å². The summed E-state index contributed by atoms with van der Waals surface area (Å²) in [6.07, 6.45) is 8.49. The van der Waals surface area contributed by atoms with Gasteiger partial charge in [-0.25, -0.2) is 9.38 Å². The third kappa shape index (κ3) is 4.98. The molecule has 3 aromatic carbocycles. The van der Waals surface area contributed by atoms with Gasteiger partial charge in [0.1, 0.15) is 19.0 Å². The maximum Gasteiger partial charge on any atom is 0.274 e. The molecule has 1 aliphatic rings. The van der Waals surface area contributed by atoms with E-state index in [1.807, 2.05) is 48.5 Å². The summed E-state index contributed by atoms with van der Waals surface area (Å²) < 4.78 is 19.7. The fraction of sp³-hybridized carbons (Fsp3) is 0.290. The van der Waals surface area contributed by atoms with Crippen molar-refractivity contribution in [3.05, 3.63) is 92.7 Å². The molecule has 0 radical (unpaired) electrons. The van der Waals surface area contributed by atoms with Crippen LogP contribution >= 0.6 is 11.3 Å². The molecule has 7 heteroatoms. The van der Waals surface area contributed by atoms with Crippen molar-refractivity contribution in [2.24, 2.45) is 0 Å². The number of methoxy groups -OCH3 is 1. The van der Waals surface area contributed by atoms with Crippen LogP contribution in [0.5, 0.6) is 17.2 Å². The Kier molecular flexibility index (Phi) is 7.01. The quantitative estimate of drug-likeness (QED) is 0.233. The number of benzene rings is 3. The van der Waals surface area contributed by atoms with E-state index in [9.17, 15) is 4.79 Å². The first-order valence-electron chi connectivity index (χ1n) is 13.1. The summed E-state index contributed by atoms with van der Waals surface area (Å²) >= 11 is 1.38. The average molecular weight is 527 g/mol. The van der Waals surface area contributed by atoms with Crippen LogP contribution in [-0.2, 0) is 0 Å². The fourth-order valence-corrected chi connectivity index (χ4v) is 6.23. The Morgan fingerprint density at radius 1 is 0.947 bits per heavy atom. The van der Waals surface area contributed by atoms with Crippen molar-refractivity contribution < 1.29 is 14.2 Å². The fourth-order valence-electron chi connectivity index (χ4n) is 5.24. The minimum atomic E-state index is -0.0677. The molecule has 0 aliphatic heterocycles. The highest BCUT2D eigenvalue weighted by molar-refractivity contribution is 7.15. The number of imidazole rings is 1. The smallest absolute Gasteiger partial charge is 0.274 e. The second-order valence-corrected chi connectivity index (χ2v) is 10.7. The topological polar surface area (TPSA) is 62.1 Å². The SMILES string of the molecule is COc1cc(C=c2sc3nc4ccccc4n3c2=O)ccc1OCCOc1ccc(C2CCCCC2)cc1. The summed E-state index contributed by atoms with van der Waals surface area (Å²) in [7, 11) is 1.61. The Bertz CT molecular complexity index is 1670. The zero-order valence-corrected chi connectivity index (χ0v) is 22.2. The first-order chi connectivity index (χ1) is 18.7. The summed E-state index contributed by atoms with van der Waals surface area (Å²) in [4.78, 5) is 18.3. The van der Waals surface area contributed by atoms with Gasteiger partial charge in [-0.15, -0.1) is 0 Å². The van der Waals surface area contributed by atoms with Crippen molar-refractivity contribution in [3.63, 3.8) is 0 Å². The molecule has 2 heterocycles. The largest absolute Gasteiger partial charge is 0.493 e. The van der Waals surface area contributed by atoms with E-state index in [4.69, 9.17) is 14.2 Å². The number of nitrogens with zero attached hydrogens (tertiary/aromatic N) is 2. The van der Waals surface area contributed by atoms with E-state index in [0.29, 0.717) is 40.1 Å². The lowest BCUT2D eigenvalue weighted by Crippen LogP contribution is -2.22. The van der Waals surface area contributed by atoms with Crippen molar-refractivity contribution in [1.29, 1.82) is 0 Å². The number of hydrogen-bond acceptors (Lipinski definition) is 6. The van der Waals surface area contributed by atoms with Crippen LogP contribution < -0.4 is 24.3 Å². The van der Waals surface area contributed by atoms with Crippen LogP contribution in [0.1, 0.15) is 49.1 Å². The lowest BCUT2D eigenvalue weighted by atomic mass is 9.84. The summed E-state index contributed by atoms with van der Waals surface area (Å²) in [6.45, 7) is 0.825. The van der Waals surface area contributed by atoms with Crippen LogP contribution in [0, 0.1) is 0 Å². The number of rotatable bonds is 8. The zero-order chi connectivity index (χ0) is 25.9. The van der Waals surface area contributed by atoms with Gasteiger partial charge in [0.15, 0.2) is 16.5 Å². The number of thiazole rings is 1. The van der Waals surface area contributed by atoms with Gasteiger partial charge in [-0.3, -0.25) is 4.79 Å². The molecule has 194 valence electrons. The van der Waals surface area contributed by atoms with Gasteiger partial charge < -0.3 is 14.2 Å². The van der Waals surface area contributed by atoms with Crippen LogP contribution in [0.4, 0.5) is 0 Å². The molecule has 38 heavy (non-hydrogen) atoms. The number of fused-ring (bicyclic) bond motifs is 3. The monoisotopic (exact) mass is 526 g/mol. The van der Waals surface area contributed by atoms with Crippen LogP contribution in [0.3, 0.4) is 0 Å². The minimum absolute atomic E-state index is 0.0677. The molecular weight excluding hydrogens is 496 g/mol. The van der Waals surface area contributed by atoms with Gasteiger partial charge in [0, 0.05) is 0 Å². The third-order valence-electron chi connectivity index (χ3n) is 7.20. The van der Waals surface area contributed by atoms with Gasteiger partial charge in [-0.05, 0) is 72.4 Å². The van der Waals surface area contributed by atoms with Crippen molar-refractivity contribution in [3.8, 4) is 17.2 Å². The number of hydrogen-bond donors (Lipinski definition) is 0. The highest BCUT2D eigenvalue weighted by Crippen LogP contribution is 2.33. The predicted molar refractivity (Wildman–Crippen MR) is 152 cm³/mol. The third-order valence-corrected chi connectivity index (χ3v) is 8.17. The molecule has 0 amide bonds. The van der Waals surface area contributed by atoms with E-state index in [2.05, 4.69) is 29.2 Å². The molecular formula is C31H30N2O4S. The maximum atomic E-state index is 13.1. The Labute approximate surface area is 225 Å². The lowest BCUT2D eigenvalue weighted by Gasteiger charge is -2.22. The summed E-state index contributed by atoms with van der Waals surface area (Å²) in [5.74, 6) is 2.79. The highest BCUT2D eigenvalue weighted by Gasteiger charge is 2.15. The van der Waals surface area contributed by atoms with E-state index in [1.54, 1.807) is 11.5 Å². The van der Waals surface area contributed by atoms with Crippen LogP contribution in [0.2, 0.25) is 0 Å². The average Bonchev–Trinajstić information content (AvgIpc) is 3.48. The van der Waals surface area contributed by atoms with Crippen LogP contribution in [0.15, 0.2) is 71.5 Å². The summed E-state index contributed by atoms with van der Waals surface area (Å²) in [5.41, 5.74) is 3.86. The van der Waals surface area contributed by atoms with Crippen molar-refractivity contribution >= 4 is 33.4 Å². The van der Waals surface area contributed by atoms with Gasteiger partial charge in [0.05, 0.1) is 22.7 Å². The van der Waals surface area contributed by atoms with E-state index in [-0.39, 0.29) is 5.56 Å². The molecule has 1 fully saturated rings. The van der Waals surface area contributed by atoms with Crippen molar-refractivity contribution in [1.82, 2.24) is 9.38 Å². The van der Waals surface area contributed by atoms with Gasteiger partial charge in [0.2, 0.25) is 0 Å². The molecule has 6 rings (SSSR count). The molecule has 1 aliphatic carbocycles. The van der Waals surface area contributed by atoms with Crippen LogP contribution in [0.25, 0.3) is 22.1 Å². The van der Waals surface area contributed by atoms with Gasteiger partial charge in [0.25, 0.3) is 5.56 Å². The summed E-state index contributed by atoms with van der Waals surface area (Å²) in [6, 6.07) is 21.8. The second-order valence-electron chi connectivity index (χ2n) is 9.65. The molecule has 0 N–H and O–H groups in total. The first-order valence-corrected chi connectivity index (χ1v) is 14.0. The Hall–Kier alpha value is -3.84. The first kappa shape index (κ1) is 24.5. The second kappa shape index (κ2) is 10.9. The normalized spacial score (nSPS) is 14.8. The Morgan fingerprint density at radius 3 is 2.55 bits per heavy atom. The zero-order valence-electron chi connectivity index (χ0n) is 21.4. The molecule has 0 atom stereocenters. The van der Waals surface area contributed by atoms with E-state index in [1.165, 1.54) is 49.0 Å². The molecule has 0 bridgehead atoms. The number of aromatic nitrogens is 2. The molecule has 6 nitrogen and oxygen atoms in total. The lowest BCUT2D eigenvalue weighted by molar-refractivity contribution is 0.211. The van der Waals surface area contributed by atoms with Gasteiger partial charge >= 0.3 is 0 Å². The van der Waals surface area contributed by atoms with Crippen molar-refractivity contribution in [2.75, 3.05) is 20.3 Å². The van der Waals surface area contributed by atoms with E-state index < -0.39 is 0 Å². The van der Waals surface area contributed by atoms with Crippen LogP contribution in [-0.4, -0.2) is 29.7 Å². The number of ether oxygens (including phenoxy) is 3. The minimum Gasteiger partial charge on any atom is -0.493 e. The molecule has 5 aromatic rings. The maximum absolute atomic E-state index is 13.1. The predicted octanol–water partition coefficient (Wildman–Crippen LogP) is 5.97. The van der Waals surface area contributed by atoms with E-state index in [0.717, 1.165) is 22.3 Å². The Morgan fingerprint density at radius 2 is 1.74 bits per heavy atom. The molecule has 0 saturated heterocycles. The van der Waals surface area contributed by atoms with Gasteiger partial charge in [-0.1, -0.05) is 60.9 Å². The standard InChI is InChI=1S/C31H30N2O4S/c1-35-28-19-21(20-29-30(34)33-26-10-6-5-9-25(26)32-31(33)38-29)11-16-27(28)37-18-17-36-24-14-12-23(13-15-24)22-7-3-2-4-8-22/h5-6,9-16,19-20,22H,2-4,7-8,17-18H2,1H3. The number of para-hydroxylation sites is 2. The molecule has 1 saturated carbocycles. The highest BCUT2D eigenvalue weighted by atomic mass is 32.1. The molecule has 0 spiro atoms. The summed E-state index contributed by atoms with van der Waals surface area (Å²) in [5, 5.41) is 0. The van der Waals surface area contributed by atoms with Gasteiger partial charge in [-0.2, -0.15) is 0 Å². The Balaban J connectivity index is 1.10. The van der Waals surface area contributed by atoms with E-state index >= 15 is 0 Å².